The third-order valence-corrected chi connectivity index (χ3v) is 8.75. The van der Waals surface area contributed by atoms with Crippen LogP contribution in [0.3, 0.4) is 0 Å². The highest BCUT2D eigenvalue weighted by Gasteiger charge is 2.43. The van der Waals surface area contributed by atoms with E-state index in [4.69, 9.17) is 14.2 Å². The molecule has 2 aliphatic heterocycles. The molecule has 40 heavy (non-hydrogen) atoms. The number of benzene rings is 2. The molecular weight excluding hydrogens is 536 g/mol. The summed E-state index contributed by atoms with van der Waals surface area (Å²) in [6, 6.07) is 11.3. The number of rotatable bonds is 6. The first-order chi connectivity index (χ1) is 18.9. The summed E-state index contributed by atoms with van der Waals surface area (Å²) in [5, 5.41) is 3.29. The Kier molecular flexibility index (Phi) is 8.53. The number of hydrogen-bond acceptors (Lipinski definition) is 4. The average Bonchev–Trinajstić information content (AvgIpc) is 3.37. The quantitative estimate of drug-likeness (QED) is 0.359. The van der Waals surface area contributed by atoms with E-state index in [0.29, 0.717) is 19.3 Å². The van der Waals surface area contributed by atoms with E-state index in [-0.39, 0.29) is 29.1 Å². The minimum Gasteiger partial charge on any atom is -0.359 e. The van der Waals surface area contributed by atoms with Crippen LogP contribution in [0.2, 0.25) is 0 Å². The number of alkyl halides is 6. The van der Waals surface area contributed by atoms with Gasteiger partial charge in [0.05, 0.1) is 36.2 Å². The lowest BCUT2D eigenvalue weighted by Crippen LogP contribution is -2.40. The van der Waals surface area contributed by atoms with E-state index < -0.39 is 35.9 Å². The van der Waals surface area contributed by atoms with Gasteiger partial charge >= 0.3 is 12.4 Å². The second-order valence-electron chi connectivity index (χ2n) is 11.4. The normalized spacial score (nSPS) is 30.5. The molecule has 10 heteroatoms. The highest BCUT2D eigenvalue weighted by atomic mass is 19.4. The van der Waals surface area contributed by atoms with Crippen LogP contribution in [0.15, 0.2) is 48.5 Å². The van der Waals surface area contributed by atoms with Gasteiger partial charge in [0.1, 0.15) is 0 Å². The second-order valence-corrected chi connectivity index (χ2v) is 11.4. The largest absolute Gasteiger partial charge is 0.416 e. The molecule has 2 aromatic rings. The summed E-state index contributed by atoms with van der Waals surface area (Å²) in [5.74, 6) is 0.493. The molecule has 2 saturated heterocycles. The second kappa shape index (κ2) is 11.6. The van der Waals surface area contributed by atoms with Crippen molar-refractivity contribution in [3.8, 4) is 0 Å². The number of ether oxygens (including phenoxy) is 3. The average molecular weight is 572 g/mol. The van der Waals surface area contributed by atoms with Crippen molar-refractivity contribution < 1.29 is 40.6 Å². The molecule has 0 bridgehead atoms. The van der Waals surface area contributed by atoms with Crippen molar-refractivity contribution >= 4 is 0 Å². The Morgan fingerprint density at radius 3 is 2.17 bits per heavy atom. The topological polar surface area (TPSA) is 39.7 Å². The first-order valence-corrected chi connectivity index (χ1v) is 13.9. The van der Waals surface area contributed by atoms with Crippen molar-refractivity contribution in [1.82, 2.24) is 5.32 Å². The van der Waals surface area contributed by atoms with Gasteiger partial charge in [0.15, 0.2) is 6.29 Å². The fraction of sp³-hybridized carbons (Fsp3) is 0.600. The SMILES string of the molecule is C[C@@H](O[C@H]1OCC[C@@H](CC2CCC3(CC2)CNCO3)[C@@H]1c1ccccc1)c1cc(C(F)(F)F)cc(C(F)(F)F)c1. The van der Waals surface area contributed by atoms with Crippen molar-refractivity contribution in [2.75, 3.05) is 19.9 Å². The summed E-state index contributed by atoms with van der Waals surface area (Å²) in [6.45, 7) is 3.35. The Morgan fingerprint density at radius 1 is 0.950 bits per heavy atom. The van der Waals surface area contributed by atoms with Gasteiger partial charge in [0.25, 0.3) is 0 Å². The van der Waals surface area contributed by atoms with Crippen LogP contribution in [0.1, 0.15) is 79.7 Å². The Balaban J connectivity index is 1.36. The standard InChI is InChI=1S/C30H35F6NO3/c1-19(23-14-24(29(31,32)33)16-25(15-23)30(34,35)36)40-27-26(21-5-3-2-4-6-21)22(9-12-38-27)13-20-7-10-28(11-8-20)17-37-18-39-28/h2-6,14-16,19-20,22,26-27,37H,7-13,17-18H2,1H3/t19-,20?,22+,26+,27-,28?/m1/s1. The van der Waals surface area contributed by atoms with Crippen molar-refractivity contribution in [3.63, 3.8) is 0 Å². The monoisotopic (exact) mass is 571 g/mol. The lowest BCUT2D eigenvalue weighted by atomic mass is 9.71. The summed E-state index contributed by atoms with van der Waals surface area (Å²) in [7, 11) is 0. The van der Waals surface area contributed by atoms with Gasteiger partial charge in [-0.2, -0.15) is 26.3 Å². The van der Waals surface area contributed by atoms with E-state index in [1.807, 2.05) is 30.3 Å². The van der Waals surface area contributed by atoms with E-state index in [0.717, 1.165) is 62.8 Å². The zero-order chi connectivity index (χ0) is 28.5. The summed E-state index contributed by atoms with van der Waals surface area (Å²) in [6.07, 6.45) is -5.87. The predicted octanol–water partition coefficient (Wildman–Crippen LogP) is 7.84. The van der Waals surface area contributed by atoms with Crippen LogP contribution in [0.25, 0.3) is 0 Å². The molecule has 1 aliphatic carbocycles. The maximum absolute atomic E-state index is 13.5. The zero-order valence-corrected chi connectivity index (χ0v) is 22.4. The van der Waals surface area contributed by atoms with Crippen LogP contribution in [-0.4, -0.2) is 31.8 Å². The minimum atomic E-state index is -4.92. The fourth-order valence-corrected chi connectivity index (χ4v) is 6.55. The molecule has 0 amide bonds. The molecule has 1 N–H and O–H groups in total. The fourth-order valence-electron chi connectivity index (χ4n) is 6.55. The molecule has 4 nitrogen and oxygen atoms in total. The third kappa shape index (κ3) is 6.66. The van der Waals surface area contributed by atoms with Gasteiger partial charge < -0.3 is 14.2 Å². The molecule has 0 aromatic heterocycles. The summed E-state index contributed by atoms with van der Waals surface area (Å²) >= 11 is 0. The van der Waals surface area contributed by atoms with Gasteiger partial charge in [-0.25, -0.2) is 0 Å². The van der Waals surface area contributed by atoms with Crippen LogP contribution >= 0.6 is 0 Å². The minimum absolute atomic E-state index is 0.0632. The highest BCUT2D eigenvalue weighted by Crippen LogP contribution is 2.46. The maximum atomic E-state index is 13.5. The molecule has 2 heterocycles. The van der Waals surface area contributed by atoms with E-state index in [9.17, 15) is 26.3 Å². The lowest BCUT2D eigenvalue weighted by Gasteiger charge is -2.42. The predicted molar refractivity (Wildman–Crippen MR) is 136 cm³/mol. The lowest BCUT2D eigenvalue weighted by molar-refractivity contribution is -0.211. The van der Waals surface area contributed by atoms with Crippen LogP contribution in [0.5, 0.6) is 0 Å². The van der Waals surface area contributed by atoms with Gasteiger partial charge in [0.2, 0.25) is 0 Å². The number of halogens is 6. The van der Waals surface area contributed by atoms with Crippen LogP contribution < -0.4 is 5.32 Å². The van der Waals surface area contributed by atoms with Gasteiger partial charge in [-0.05, 0) is 86.6 Å². The van der Waals surface area contributed by atoms with E-state index in [2.05, 4.69) is 5.32 Å². The molecule has 4 atom stereocenters. The Hall–Kier alpha value is -2.14. The van der Waals surface area contributed by atoms with Gasteiger partial charge in [-0.1, -0.05) is 30.3 Å². The van der Waals surface area contributed by atoms with Gasteiger partial charge in [-0.15, -0.1) is 0 Å². The molecule has 1 spiro atoms. The third-order valence-electron chi connectivity index (χ3n) is 8.75. The number of nitrogens with one attached hydrogen (secondary N) is 1. The van der Waals surface area contributed by atoms with Crippen LogP contribution in [0, 0.1) is 11.8 Å². The molecule has 0 unspecified atom stereocenters. The van der Waals surface area contributed by atoms with E-state index in [1.165, 1.54) is 6.92 Å². The molecule has 0 radical (unpaired) electrons. The van der Waals surface area contributed by atoms with Crippen molar-refractivity contribution in [3.05, 3.63) is 70.8 Å². The summed E-state index contributed by atoms with van der Waals surface area (Å²) < 4.78 is 99.0. The summed E-state index contributed by atoms with van der Waals surface area (Å²) in [4.78, 5) is 0. The molecule has 220 valence electrons. The Morgan fingerprint density at radius 2 is 1.60 bits per heavy atom. The molecule has 3 aliphatic rings. The zero-order valence-electron chi connectivity index (χ0n) is 22.4. The van der Waals surface area contributed by atoms with Crippen molar-refractivity contribution in [2.24, 2.45) is 11.8 Å². The molecule has 2 aromatic carbocycles. The number of hydrogen-bond donors (Lipinski definition) is 1. The van der Waals surface area contributed by atoms with Crippen molar-refractivity contribution in [2.45, 2.75) is 81.7 Å². The highest BCUT2D eigenvalue weighted by molar-refractivity contribution is 5.35. The van der Waals surface area contributed by atoms with Gasteiger partial charge in [-0.3, -0.25) is 5.32 Å². The maximum Gasteiger partial charge on any atom is 0.416 e. The van der Waals surface area contributed by atoms with E-state index in [1.54, 1.807) is 0 Å². The van der Waals surface area contributed by atoms with Crippen LogP contribution in [0.4, 0.5) is 26.3 Å². The smallest absolute Gasteiger partial charge is 0.359 e. The Bertz CT molecular complexity index is 1090. The molecule has 5 rings (SSSR count). The van der Waals surface area contributed by atoms with E-state index >= 15 is 0 Å². The Labute approximate surface area is 230 Å². The first-order valence-electron chi connectivity index (χ1n) is 13.9. The van der Waals surface area contributed by atoms with Gasteiger partial charge in [0, 0.05) is 12.5 Å². The van der Waals surface area contributed by atoms with Crippen molar-refractivity contribution in [1.29, 1.82) is 0 Å². The van der Waals surface area contributed by atoms with Crippen LogP contribution in [-0.2, 0) is 26.6 Å². The molecule has 1 saturated carbocycles. The molecular formula is C30H35F6NO3. The first kappa shape index (κ1) is 29.4. The molecule has 3 fully saturated rings. The summed E-state index contributed by atoms with van der Waals surface area (Å²) in [5.41, 5.74) is -1.98.